The first-order valence-corrected chi connectivity index (χ1v) is 13.3. The maximum atomic E-state index is 11.7. The van der Waals surface area contributed by atoms with Crippen LogP contribution in [0, 0.1) is 6.57 Å². The van der Waals surface area contributed by atoms with E-state index in [2.05, 4.69) is 9.83 Å². The van der Waals surface area contributed by atoms with Gasteiger partial charge in [-0.25, -0.2) is 4.85 Å². The molecule has 1 saturated heterocycles. The van der Waals surface area contributed by atoms with Crippen molar-refractivity contribution < 1.29 is 24.8 Å². The number of hydrogen-bond donors (Lipinski definition) is 3. The fraction of sp³-hybridized carbons (Fsp3) is 0.226. The van der Waals surface area contributed by atoms with Crippen LogP contribution < -0.4 is 4.74 Å². The summed E-state index contributed by atoms with van der Waals surface area (Å²) in [4.78, 5) is 7.97. The molecule has 0 radical (unpaired) electrons. The predicted octanol–water partition coefficient (Wildman–Crippen LogP) is 6.47. The third-order valence-corrected chi connectivity index (χ3v) is 8.54. The quantitative estimate of drug-likeness (QED) is 0.216. The monoisotopic (exact) mass is 553 g/mol. The van der Waals surface area contributed by atoms with Crippen LogP contribution in [-0.2, 0) is 15.9 Å². The Kier molecular flexibility index (Phi) is 5.32. The van der Waals surface area contributed by atoms with Crippen LogP contribution in [0.15, 0.2) is 66.9 Å². The lowest BCUT2D eigenvalue weighted by atomic mass is 9.76. The topological polar surface area (TPSA) is 101 Å². The van der Waals surface area contributed by atoms with E-state index in [0.29, 0.717) is 56.0 Å². The number of rotatable bonds is 5. The van der Waals surface area contributed by atoms with Crippen molar-refractivity contribution in [1.82, 2.24) is 9.55 Å². The van der Waals surface area contributed by atoms with Gasteiger partial charge in [0.15, 0.2) is 5.69 Å². The van der Waals surface area contributed by atoms with Crippen LogP contribution in [0.3, 0.4) is 0 Å². The number of aliphatic hydroxyl groups excluding tert-OH is 1. The van der Waals surface area contributed by atoms with Gasteiger partial charge in [0.05, 0.1) is 41.6 Å². The largest absolute Gasteiger partial charge is 0.494 e. The van der Waals surface area contributed by atoms with Crippen molar-refractivity contribution in [3.8, 4) is 23.2 Å². The van der Waals surface area contributed by atoms with Gasteiger partial charge in [0.1, 0.15) is 17.0 Å². The van der Waals surface area contributed by atoms with Crippen molar-refractivity contribution in [2.24, 2.45) is 0 Å². The van der Waals surface area contributed by atoms with Crippen LogP contribution in [0.25, 0.3) is 32.2 Å². The van der Waals surface area contributed by atoms with E-state index in [1.165, 1.54) is 4.57 Å². The highest BCUT2D eigenvalue weighted by molar-refractivity contribution is 6.31. The summed E-state index contributed by atoms with van der Waals surface area (Å²) in [5, 5.41) is 37.1. The van der Waals surface area contributed by atoms with Crippen LogP contribution >= 0.6 is 11.6 Å². The zero-order valence-corrected chi connectivity index (χ0v) is 22.2. The Morgan fingerprint density at radius 2 is 1.85 bits per heavy atom. The molecule has 3 atom stereocenters. The van der Waals surface area contributed by atoms with Gasteiger partial charge >= 0.3 is 0 Å². The van der Waals surface area contributed by atoms with Gasteiger partial charge in [-0.3, -0.25) is 9.55 Å². The molecule has 7 rings (SSSR count). The average Bonchev–Trinajstić information content (AvgIpc) is 3.48. The number of ether oxygens (including phenoxy) is 2. The predicted molar refractivity (Wildman–Crippen MR) is 150 cm³/mol. The molecule has 0 amide bonds. The summed E-state index contributed by atoms with van der Waals surface area (Å²) in [7, 11) is 0. The van der Waals surface area contributed by atoms with Crippen LogP contribution in [0.1, 0.15) is 30.9 Å². The number of pyridine rings is 1. The normalized spacial score (nSPS) is 23.0. The molecule has 1 fully saturated rings. The number of benzene rings is 3. The minimum absolute atomic E-state index is 0.159. The Labute approximate surface area is 234 Å². The van der Waals surface area contributed by atoms with E-state index in [4.69, 9.17) is 27.6 Å². The molecular formula is C31H24ClN3O5. The molecule has 2 aliphatic heterocycles. The van der Waals surface area contributed by atoms with Crippen molar-refractivity contribution in [2.75, 3.05) is 6.61 Å². The zero-order valence-electron chi connectivity index (χ0n) is 21.4. The lowest BCUT2D eigenvalue weighted by Crippen LogP contribution is -2.33. The number of halogens is 1. The van der Waals surface area contributed by atoms with Gasteiger partial charge < -0.3 is 24.8 Å². The molecule has 0 spiro atoms. The minimum Gasteiger partial charge on any atom is -0.494 e. The summed E-state index contributed by atoms with van der Waals surface area (Å²) in [6, 6.07) is 17.9. The molecule has 3 aromatic carbocycles. The van der Waals surface area contributed by atoms with Crippen LogP contribution in [0.4, 0.5) is 5.69 Å². The van der Waals surface area contributed by atoms with Gasteiger partial charge in [-0.1, -0.05) is 41.9 Å². The number of hydrogen-bond acceptors (Lipinski definition) is 6. The molecule has 200 valence electrons. The lowest BCUT2D eigenvalue weighted by Gasteiger charge is -2.26. The molecule has 9 heteroatoms. The second-order valence-electron chi connectivity index (χ2n) is 10.5. The molecule has 3 N–H and O–H groups in total. The second kappa shape index (κ2) is 8.60. The molecule has 40 heavy (non-hydrogen) atoms. The SMILES string of the molecule is [C-]#[N+]c1ccc(-n2c(O)c3c(c2O)C2(C)OC3(CCOc3ccnc4cc(Cl)ccc34)C[C@H]2O)c2ccccc12. The molecule has 2 bridgehead atoms. The van der Waals surface area contributed by atoms with Crippen molar-refractivity contribution in [3.63, 3.8) is 0 Å². The summed E-state index contributed by atoms with van der Waals surface area (Å²) in [6.45, 7) is 9.48. The van der Waals surface area contributed by atoms with E-state index in [-0.39, 0.29) is 24.8 Å². The summed E-state index contributed by atoms with van der Waals surface area (Å²) in [5.41, 5.74) is 0.240. The summed E-state index contributed by atoms with van der Waals surface area (Å²) >= 11 is 6.12. The molecule has 8 nitrogen and oxygen atoms in total. The zero-order chi connectivity index (χ0) is 27.8. The fourth-order valence-electron chi connectivity index (χ4n) is 6.46. The summed E-state index contributed by atoms with van der Waals surface area (Å²) in [6.07, 6.45) is 1.31. The standard InChI is InChI=1S/C31H24ClN3O5/c1-30-25(36)16-31(40-30,12-14-39-24-11-13-34-22-15-17(32)7-8-20(22)24)27-26(30)28(37)35(29(27)38)23-10-9-21(33-2)18-5-3-4-6-19(18)23/h3-11,13,15,25,36-38H,12,14,16H2,1H3/t25-,30?,31?/m1/s1. The fourth-order valence-corrected chi connectivity index (χ4v) is 6.62. The molecule has 0 aliphatic carbocycles. The Morgan fingerprint density at radius 1 is 1.07 bits per heavy atom. The van der Waals surface area contributed by atoms with E-state index in [9.17, 15) is 15.3 Å². The molecule has 2 aliphatic rings. The van der Waals surface area contributed by atoms with Gasteiger partial charge in [-0.05, 0) is 48.0 Å². The molecular weight excluding hydrogens is 530 g/mol. The van der Waals surface area contributed by atoms with Gasteiger partial charge in [0, 0.05) is 29.4 Å². The minimum atomic E-state index is -1.21. The maximum absolute atomic E-state index is 11.7. The first kappa shape index (κ1) is 24.7. The first-order valence-electron chi connectivity index (χ1n) is 12.9. The number of fused-ring (bicyclic) bond motifs is 7. The van der Waals surface area contributed by atoms with Crippen molar-refractivity contribution in [2.45, 2.75) is 37.1 Å². The van der Waals surface area contributed by atoms with E-state index in [0.717, 1.165) is 5.39 Å². The molecule has 5 aromatic rings. The highest BCUT2D eigenvalue weighted by Gasteiger charge is 2.66. The molecule has 2 aromatic heterocycles. The van der Waals surface area contributed by atoms with Crippen molar-refractivity contribution >= 4 is 39.0 Å². The number of aliphatic hydroxyl groups is 1. The number of nitrogens with zero attached hydrogens (tertiary/aromatic N) is 3. The van der Waals surface area contributed by atoms with Gasteiger partial charge in [-0.15, -0.1) is 0 Å². The molecule has 2 unspecified atom stereocenters. The van der Waals surface area contributed by atoms with Crippen LogP contribution in [0.2, 0.25) is 5.02 Å². The van der Waals surface area contributed by atoms with E-state index >= 15 is 0 Å². The van der Waals surface area contributed by atoms with E-state index in [1.54, 1.807) is 43.5 Å². The van der Waals surface area contributed by atoms with Crippen LogP contribution in [0.5, 0.6) is 17.5 Å². The van der Waals surface area contributed by atoms with Crippen molar-refractivity contribution in [3.05, 3.63) is 94.4 Å². The number of aromatic hydroxyl groups is 2. The Morgan fingerprint density at radius 3 is 2.65 bits per heavy atom. The maximum Gasteiger partial charge on any atom is 0.205 e. The highest BCUT2D eigenvalue weighted by atomic mass is 35.5. The lowest BCUT2D eigenvalue weighted by molar-refractivity contribution is -0.107. The third-order valence-electron chi connectivity index (χ3n) is 8.31. The molecule has 4 heterocycles. The highest BCUT2D eigenvalue weighted by Crippen LogP contribution is 2.65. The summed E-state index contributed by atoms with van der Waals surface area (Å²) < 4.78 is 14.0. The number of aromatic nitrogens is 2. The third kappa shape index (κ3) is 3.29. The van der Waals surface area contributed by atoms with Crippen molar-refractivity contribution in [1.29, 1.82) is 0 Å². The van der Waals surface area contributed by atoms with Gasteiger partial charge in [0.25, 0.3) is 0 Å². The first-order chi connectivity index (χ1) is 19.3. The van der Waals surface area contributed by atoms with Crippen LogP contribution in [-0.4, -0.2) is 37.6 Å². The molecule has 0 saturated carbocycles. The van der Waals surface area contributed by atoms with E-state index < -0.39 is 17.3 Å². The smallest absolute Gasteiger partial charge is 0.205 e. The Balaban J connectivity index is 1.30. The van der Waals surface area contributed by atoms with Gasteiger partial charge in [-0.2, -0.15) is 0 Å². The summed E-state index contributed by atoms with van der Waals surface area (Å²) in [5.74, 6) is 0.274. The Hall–Kier alpha value is -4.29. The average molecular weight is 554 g/mol. The Bertz CT molecular complexity index is 1900. The van der Waals surface area contributed by atoms with Gasteiger partial charge in [0.2, 0.25) is 11.8 Å². The second-order valence-corrected chi connectivity index (χ2v) is 10.9. The van der Waals surface area contributed by atoms with E-state index in [1.807, 2.05) is 30.3 Å².